The van der Waals surface area contributed by atoms with E-state index in [-0.39, 0.29) is 22.7 Å². The fourth-order valence-electron chi connectivity index (χ4n) is 3.13. The molecule has 0 aliphatic carbocycles. The summed E-state index contributed by atoms with van der Waals surface area (Å²) < 4.78 is 0. The van der Waals surface area contributed by atoms with Crippen molar-refractivity contribution in [2.75, 3.05) is 13.1 Å². The molecule has 110 valence electrons. The van der Waals surface area contributed by atoms with Crippen molar-refractivity contribution in [2.24, 2.45) is 5.73 Å². The third-order valence-corrected chi connectivity index (χ3v) is 3.99. The van der Waals surface area contributed by atoms with Crippen LogP contribution in [0.5, 0.6) is 0 Å². The molecule has 5 heteroatoms. The molecule has 1 saturated heterocycles. The summed E-state index contributed by atoms with van der Waals surface area (Å²) >= 11 is 0. The highest BCUT2D eigenvalue weighted by Gasteiger charge is 2.32. The van der Waals surface area contributed by atoms with E-state index in [9.17, 15) is 10.1 Å². The van der Waals surface area contributed by atoms with Crippen LogP contribution < -0.4 is 5.73 Å². The normalized spacial score (nSPS) is 24.3. The Morgan fingerprint density at radius 2 is 2.15 bits per heavy atom. The van der Waals surface area contributed by atoms with E-state index in [1.165, 1.54) is 0 Å². The predicted octanol–water partition coefficient (Wildman–Crippen LogP) is 2.86. The van der Waals surface area contributed by atoms with Crippen LogP contribution in [0, 0.1) is 10.1 Å². The van der Waals surface area contributed by atoms with Crippen molar-refractivity contribution in [3.05, 3.63) is 39.9 Å². The quantitative estimate of drug-likeness (QED) is 0.678. The lowest BCUT2D eigenvalue weighted by molar-refractivity contribution is -0.386. The van der Waals surface area contributed by atoms with E-state index in [1.807, 2.05) is 12.1 Å². The average molecular weight is 277 g/mol. The third-order valence-electron chi connectivity index (χ3n) is 3.99. The maximum absolute atomic E-state index is 11.3. The minimum absolute atomic E-state index is 0.0369. The second-order valence-electron chi connectivity index (χ2n) is 5.46. The maximum Gasteiger partial charge on any atom is 0.274 e. The van der Waals surface area contributed by atoms with Gasteiger partial charge < -0.3 is 5.73 Å². The number of benzene rings is 1. The van der Waals surface area contributed by atoms with Crippen LogP contribution >= 0.6 is 0 Å². The summed E-state index contributed by atoms with van der Waals surface area (Å²) in [7, 11) is 0. The van der Waals surface area contributed by atoms with Gasteiger partial charge in [0.1, 0.15) is 0 Å². The molecule has 1 aliphatic heterocycles. The molecule has 2 unspecified atom stereocenters. The molecule has 1 fully saturated rings. The number of nitro benzene ring substituents is 1. The van der Waals surface area contributed by atoms with E-state index in [2.05, 4.69) is 11.8 Å². The Morgan fingerprint density at radius 1 is 1.40 bits per heavy atom. The molecule has 2 N–H and O–H groups in total. The van der Waals surface area contributed by atoms with E-state index in [4.69, 9.17) is 5.73 Å². The first-order chi connectivity index (χ1) is 9.65. The summed E-state index contributed by atoms with van der Waals surface area (Å²) in [6, 6.07) is 6.94. The van der Waals surface area contributed by atoms with E-state index >= 15 is 0 Å². The summed E-state index contributed by atoms with van der Waals surface area (Å²) in [6.45, 7) is 4.04. The lowest BCUT2D eigenvalue weighted by Gasteiger charge is -2.33. The molecule has 1 aliphatic rings. The first-order valence-electron chi connectivity index (χ1n) is 7.38. The van der Waals surface area contributed by atoms with Crippen molar-refractivity contribution in [1.29, 1.82) is 0 Å². The molecule has 1 heterocycles. The van der Waals surface area contributed by atoms with Gasteiger partial charge in [-0.2, -0.15) is 0 Å². The van der Waals surface area contributed by atoms with Gasteiger partial charge in [-0.3, -0.25) is 15.0 Å². The molecule has 0 saturated carbocycles. The van der Waals surface area contributed by atoms with Gasteiger partial charge in [0, 0.05) is 17.7 Å². The van der Waals surface area contributed by atoms with Crippen LogP contribution in [0.25, 0.3) is 0 Å². The summed E-state index contributed by atoms with van der Waals surface area (Å²) in [6.07, 6.45) is 4.17. The Kier molecular flexibility index (Phi) is 5.09. The van der Waals surface area contributed by atoms with E-state index in [0.29, 0.717) is 0 Å². The number of likely N-dealkylation sites (tertiary alicyclic amines) is 1. The van der Waals surface area contributed by atoms with Crippen LogP contribution in [-0.4, -0.2) is 29.0 Å². The number of nitrogens with zero attached hydrogens (tertiary/aromatic N) is 2. The van der Waals surface area contributed by atoms with Gasteiger partial charge in [-0.15, -0.1) is 0 Å². The summed E-state index contributed by atoms with van der Waals surface area (Å²) in [5, 5.41) is 11.3. The number of hydrogen-bond donors (Lipinski definition) is 1. The van der Waals surface area contributed by atoms with Crippen LogP contribution in [0.4, 0.5) is 5.69 Å². The largest absolute Gasteiger partial charge is 0.326 e. The first-order valence-corrected chi connectivity index (χ1v) is 7.38. The highest BCUT2D eigenvalue weighted by molar-refractivity contribution is 5.42. The highest BCUT2D eigenvalue weighted by Crippen LogP contribution is 2.34. The lowest BCUT2D eigenvalue weighted by Crippen LogP contribution is -2.40. The number of nitro groups is 1. The van der Waals surface area contributed by atoms with Crippen LogP contribution in [0.3, 0.4) is 0 Å². The Morgan fingerprint density at radius 3 is 2.85 bits per heavy atom. The van der Waals surface area contributed by atoms with Crippen LogP contribution in [0.15, 0.2) is 24.3 Å². The van der Waals surface area contributed by atoms with Crippen LogP contribution in [0.1, 0.15) is 44.2 Å². The number of rotatable bonds is 4. The van der Waals surface area contributed by atoms with Crippen LogP contribution in [-0.2, 0) is 0 Å². The molecule has 1 aromatic rings. The third kappa shape index (κ3) is 3.16. The standard InChI is InChI=1S/C15H23N3O2/c1-2-10-17-11-6-5-8-13(16)15(17)12-7-3-4-9-14(12)18(19)20/h3-4,7,9,13,15H,2,5-6,8,10-11,16H2,1H3. The number of para-hydroxylation sites is 1. The topological polar surface area (TPSA) is 72.4 Å². The molecule has 2 rings (SSSR count). The summed E-state index contributed by atoms with van der Waals surface area (Å²) in [5.41, 5.74) is 7.29. The average Bonchev–Trinajstić information content (AvgIpc) is 2.61. The van der Waals surface area contributed by atoms with E-state index in [0.717, 1.165) is 44.3 Å². The molecular weight excluding hydrogens is 254 g/mol. The Labute approximate surface area is 119 Å². The highest BCUT2D eigenvalue weighted by atomic mass is 16.6. The van der Waals surface area contributed by atoms with Crippen molar-refractivity contribution in [2.45, 2.75) is 44.7 Å². The zero-order chi connectivity index (χ0) is 14.5. The van der Waals surface area contributed by atoms with Crippen molar-refractivity contribution in [3.63, 3.8) is 0 Å². The number of hydrogen-bond acceptors (Lipinski definition) is 4. The van der Waals surface area contributed by atoms with E-state index in [1.54, 1.807) is 12.1 Å². The molecule has 0 spiro atoms. The molecule has 0 amide bonds. The molecule has 0 aromatic heterocycles. The lowest BCUT2D eigenvalue weighted by atomic mass is 9.95. The molecular formula is C15H23N3O2. The maximum atomic E-state index is 11.3. The Balaban J connectivity index is 2.41. The molecule has 1 aromatic carbocycles. The van der Waals surface area contributed by atoms with Crippen molar-refractivity contribution >= 4 is 5.69 Å². The van der Waals surface area contributed by atoms with Gasteiger partial charge in [0.25, 0.3) is 5.69 Å². The second-order valence-corrected chi connectivity index (χ2v) is 5.46. The fourth-order valence-corrected chi connectivity index (χ4v) is 3.13. The van der Waals surface area contributed by atoms with Crippen LogP contribution in [0.2, 0.25) is 0 Å². The van der Waals surface area contributed by atoms with Gasteiger partial charge >= 0.3 is 0 Å². The van der Waals surface area contributed by atoms with Crippen molar-refractivity contribution in [3.8, 4) is 0 Å². The zero-order valence-corrected chi connectivity index (χ0v) is 12.0. The Bertz CT molecular complexity index is 464. The minimum Gasteiger partial charge on any atom is -0.326 e. The molecule has 5 nitrogen and oxygen atoms in total. The van der Waals surface area contributed by atoms with Gasteiger partial charge in [0.05, 0.1) is 11.0 Å². The zero-order valence-electron chi connectivity index (χ0n) is 12.0. The van der Waals surface area contributed by atoms with Gasteiger partial charge in [-0.25, -0.2) is 0 Å². The first kappa shape index (κ1) is 14.9. The Hall–Kier alpha value is -1.46. The van der Waals surface area contributed by atoms with Gasteiger partial charge in [-0.1, -0.05) is 31.5 Å². The monoisotopic (exact) mass is 277 g/mol. The number of nitrogens with two attached hydrogens (primary N) is 1. The van der Waals surface area contributed by atoms with Crippen molar-refractivity contribution < 1.29 is 4.92 Å². The molecule has 20 heavy (non-hydrogen) atoms. The predicted molar refractivity (Wildman–Crippen MR) is 79.5 cm³/mol. The summed E-state index contributed by atoms with van der Waals surface area (Å²) in [4.78, 5) is 13.3. The van der Waals surface area contributed by atoms with E-state index < -0.39 is 0 Å². The molecule has 0 radical (unpaired) electrons. The SMILES string of the molecule is CCCN1CCCCC(N)C1c1ccccc1[N+](=O)[O-]. The fraction of sp³-hybridized carbons (Fsp3) is 0.600. The van der Waals surface area contributed by atoms with Gasteiger partial charge in [-0.05, 0) is 32.4 Å². The van der Waals surface area contributed by atoms with Crippen molar-refractivity contribution in [1.82, 2.24) is 4.90 Å². The van der Waals surface area contributed by atoms with Gasteiger partial charge in [0.15, 0.2) is 0 Å². The molecule has 2 atom stereocenters. The summed E-state index contributed by atoms with van der Waals surface area (Å²) in [5.74, 6) is 0. The molecule has 0 bridgehead atoms. The second kappa shape index (κ2) is 6.81. The van der Waals surface area contributed by atoms with Gasteiger partial charge in [0.2, 0.25) is 0 Å². The smallest absolute Gasteiger partial charge is 0.274 e. The minimum atomic E-state index is -0.295.